The molecule has 0 aromatic heterocycles. The highest BCUT2D eigenvalue weighted by atomic mass is 19.4. The van der Waals surface area contributed by atoms with Crippen LogP contribution >= 0.6 is 0 Å². The fourth-order valence-corrected chi connectivity index (χ4v) is 3.00. The molecule has 1 aliphatic heterocycles. The molecule has 0 aliphatic carbocycles. The molecule has 28 heavy (non-hydrogen) atoms. The van der Waals surface area contributed by atoms with E-state index in [0.29, 0.717) is 18.2 Å². The van der Waals surface area contributed by atoms with E-state index in [-0.39, 0.29) is 12.2 Å². The number of hydrogen-bond donors (Lipinski definition) is 2. The van der Waals surface area contributed by atoms with Gasteiger partial charge in [0.25, 0.3) is 0 Å². The maximum absolute atomic E-state index is 13.7. The van der Waals surface area contributed by atoms with Crippen molar-refractivity contribution in [2.75, 3.05) is 19.8 Å². The molecule has 1 aliphatic rings. The number of halogens is 5. The van der Waals surface area contributed by atoms with Crippen LogP contribution in [0.15, 0.2) is 42.5 Å². The second kappa shape index (κ2) is 8.52. The fraction of sp³-hybridized carbons (Fsp3) is 0.368. The van der Waals surface area contributed by atoms with Crippen LogP contribution in [0.25, 0.3) is 0 Å². The van der Waals surface area contributed by atoms with E-state index in [4.69, 9.17) is 9.47 Å². The van der Waals surface area contributed by atoms with Crippen LogP contribution in [-0.2, 0) is 15.7 Å². The number of aliphatic hydroxyl groups excluding tert-OH is 1. The Hall–Kier alpha value is -2.07. The van der Waals surface area contributed by atoms with Crippen molar-refractivity contribution < 1.29 is 36.5 Å². The second-order valence-corrected chi connectivity index (χ2v) is 6.30. The molecule has 9 heteroatoms. The summed E-state index contributed by atoms with van der Waals surface area (Å²) in [7, 11) is 0. The first-order valence-corrected chi connectivity index (χ1v) is 8.52. The van der Waals surface area contributed by atoms with Gasteiger partial charge in [-0.3, -0.25) is 0 Å². The van der Waals surface area contributed by atoms with E-state index in [0.717, 1.165) is 12.1 Å². The maximum Gasteiger partial charge on any atom is 0.416 e. The Morgan fingerprint density at radius 1 is 1.11 bits per heavy atom. The molecule has 4 nitrogen and oxygen atoms in total. The van der Waals surface area contributed by atoms with Crippen LogP contribution in [0, 0.1) is 11.6 Å². The normalized spacial score (nSPS) is 21.5. The number of benzene rings is 2. The molecular weight excluding hydrogens is 385 g/mol. The summed E-state index contributed by atoms with van der Waals surface area (Å²) in [5.41, 5.74) is -0.706. The van der Waals surface area contributed by atoms with E-state index in [1.807, 2.05) is 0 Å². The molecule has 0 spiro atoms. The molecule has 3 rings (SSSR count). The highest BCUT2D eigenvalue weighted by Crippen LogP contribution is 2.34. The Labute approximate surface area is 157 Å². The maximum atomic E-state index is 13.7. The van der Waals surface area contributed by atoms with E-state index in [1.165, 1.54) is 24.3 Å². The van der Waals surface area contributed by atoms with E-state index in [9.17, 15) is 27.1 Å². The summed E-state index contributed by atoms with van der Waals surface area (Å²) in [6.45, 7) is 0.0537. The van der Waals surface area contributed by atoms with Gasteiger partial charge < -0.3 is 19.9 Å². The molecule has 3 atom stereocenters. The molecule has 0 radical (unpaired) electrons. The summed E-state index contributed by atoms with van der Waals surface area (Å²) in [4.78, 5) is 0. The molecule has 2 aromatic carbocycles. The van der Waals surface area contributed by atoms with Gasteiger partial charge in [0.2, 0.25) is 0 Å². The van der Waals surface area contributed by atoms with E-state index in [2.05, 4.69) is 5.32 Å². The van der Waals surface area contributed by atoms with Crippen molar-refractivity contribution in [1.29, 1.82) is 0 Å². The number of ether oxygens (including phenoxy) is 2. The lowest BCUT2D eigenvalue weighted by molar-refractivity contribution is -0.209. The lowest BCUT2D eigenvalue weighted by Gasteiger charge is -2.35. The molecular formula is C19H18F5NO3. The van der Waals surface area contributed by atoms with Gasteiger partial charge in [-0.05, 0) is 41.5 Å². The number of nitrogens with one attached hydrogen (secondary N) is 1. The summed E-state index contributed by atoms with van der Waals surface area (Å²) in [6.07, 6.45) is -6.96. The summed E-state index contributed by atoms with van der Waals surface area (Å²) in [5.74, 6) is -1.52. The smallest absolute Gasteiger partial charge is 0.393 e. The SMILES string of the molecule is OC[C@@H](OC1OCCNC1c1ccc(F)cc1)c1cc(F)cc(C(F)(F)F)c1. The summed E-state index contributed by atoms with van der Waals surface area (Å²) in [6, 6.07) is 7.00. The molecule has 2 unspecified atom stereocenters. The lowest BCUT2D eigenvalue weighted by Crippen LogP contribution is -2.44. The minimum atomic E-state index is -4.74. The Kier molecular flexibility index (Phi) is 6.29. The minimum absolute atomic E-state index is 0.165. The predicted molar refractivity (Wildman–Crippen MR) is 89.2 cm³/mol. The third-order valence-electron chi connectivity index (χ3n) is 4.33. The van der Waals surface area contributed by atoms with Crippen molar-refractivity contribution in [3.05, 3.63) is 70.8 Å². The lowest BCUT2D eigenvalue weighted by atomic mass is 10.0. The van der Waals surface area contributed by atoms with Gasteiger partial charge in [-0.15, -0.1) is 0 Å². The van der Waals surface area contributed by atoms with Crippen LogP contribution < -0.4 is 5.32 Å². The van der Waals surface area contributed by atoms with Gasteiger partial charge in [0, 0.05) is 6.54 Å². The van der Waals surface area contributed by atoms with Crippen molar-refractivity contribution in [2.45, 2.75) is 24.6 Å². The van der Waals surface area contributed by atoms with E-state index < -0.39 is 48.4 Å². The Morgan fingerprint density at radius 3 is 2.46 bits per heavy atom. The van der Waals surface area contributed by atoms with Crippen LogP contribution in [0.4, 0.5) is 22.0 Å². The second-order valence-electron chi connectivity index (χ2n) is 6.30. The van der Waals surface area contributed by atoms with Crippen molar-refractivity contribution in [1.82, 2.24) is 5.32 Å². The first kappa shape index (κ1) is 20.7. The van der Waals surface area contributed by atoms with Gasteiger partial charge in [-0.1, -0.05) is 12.1 Å². The zero-order valence-corrected chi connectivity index (χ0v) is 14.5. The number of rotatable bonds is 5. The topological polar surface area (TPSA) is 50.7 Å². The molecule has 1 saturated heterocycles. The van der Waals surface area contributed by atoms with E-state index >= 15 is 0 Å². The molecule has 1 heterocycles. The average Bonchev–Trinajstić information content (AvgIpc) is 2.66. The van der Waals surface area contributed by atoms with Gasteiger partial charge in [0.15, 0.2) is 6.29 Å². The van der Waals surface area contributed by atoms with Crippen molar-refractivity contribution in [3.63, 3.8) is 0 Å². The number of morpholine rings is 1. The molecule has 2 aromatic rings. The summed E-state index contributed by atoms with van der Waals surface area (Å²) < 4.78 is 77.0. The highest BCUT2D eigenvalue weighted by Gasteiger charge is 2.34. The minimum Gasteiger partial charge on any atom is -0.393 e. The number of hydrogen-bond acceptors (Lipinski definition) is 4. The zero-order valence-electron chi connectivity index (χ0n) is 14.5. The van der Waals surface area contributed by atoms with E-state index in [1.54, 1.807) is 0 Å². The zero-order chi connectivity index (χ0) is 20.3. The molecule has 1 fully saturated rings. The average molecular weight is 403 g/mol. The third-order valence-corrected chi connectivity index (χ3v) is 4.33. The summed E-state index contributed by atoms with van der Waals surface area (Å²) in [5, 5.41) is 12.8. The summed E-state index contributed by atoms with van der Waals surface area (Å²) >= 11 is 0. The monoisotopic (exact) mass is 403 g/mol. The standard InChI is InChI=1S/C19H18F5NO3/c20-14-3-1-11(2-4-14)17-18(27-6-5-25-17)28-16(10-26)12-7-13(19(22,23)24)9-15(21)8-12/h1-4,7-9,16-18,25-26H,5-6,10H2/t16-,17?,18?/m1/s1. The van der Waals surface area contributed by atoms with Crippen LogP contribution in [-0.4, -0.2) is 31.2 Å². The molecule has 0 saturated carbocycles. The van der Waals surface area contributed by atoms with Crippen LogP contribution in [0.3, 0.4) is 0 Å². The highest BCUT2D eigenvalue weighted by molar-refractivity contribution is 5.29. The van der Waals surface area contributed by atoms with Gasteiger partial charge in [-0.25, -0.2) is 8.78 Å². The number of alkyl halides is 3. The van der Waals surface area contributed by atoms with Gasteiger partial charge in [0.05, 0.1) is 24.8 Å². The molecule has 0 amide bonds. The van der Waals surface area contributed by atoms with Gasteiger partial charge >= 0.3 is 6.18 Å². The Bertz CT molecular complexity index is 797. The Balaban J connectivity index is 1.84. The first-order chi connectivity index (χ1) is 13.3. The van der Waals surface area contributed by atoms with Gasteiger partial charge in [-0.2, -0.15) is 13.2 Å². The third kappa shape index (κ3) is 4.85. The fourth-order valence-electron chi connectivity index (χ4n) is 3.00. The van der Waals surface area contributed by atoms with Crippen molar-refractivity contribution in [3.8, 4) is 0 Å². The molecule has 152 valence electrons. The van der Waals surface area contributed by atoms with Gasteiger partial charge in [0.1, 0.15) is 17.7 Å². The van der Waals surface area contributed by atoms with Crippen LogP contribution in [0.2, 0.25) is 0 Å². The quantitative estimate of drug-likeness (QED) is 0.748. The van der Waals surface area contributed by atoms with Crippen LogP contribution in [0.1, 0.15) is 28.8 Å². The first-order valence-electron chi connectivity index (χ1n) is 8.52. The van der Waals surface area contributed by atoms with Crippen LogP contribution in [0.5, 0.6) is 0 Å². The molecule has 2 N–H and O–H groups in total. The van der Waals surface area contributed by atoms with Crippen molar-refractivity contribution >= 4 is 0 Å². The largest absolute Gasteiger partial charge is 0.416 e. The molecule has 0 bridgehead atoms. The van der Waals surface area contributed by atoms with Crippen molar-refractivity contribution in [2.24, 2.45) is 0 Å². The predicted octanol–water partition coefficient (Wildman–Crippen LogP) is 3.72. The Morgan fingerprint density at radius 2 is 1.82 bits per heavy atom. The number of aliphatic hydroxyl groups is 1.